The normalized spacial score (nSPS) is 10.1. The van der Waals surface area contributed by atoms with E-state index in [0.717, 1.165) is 60.5 Å². The summed E-state index contributed by atoms with van der Waals surface area (Å²) in [4.78, 5) is 28.1. The molecule has 0 saturated carbocycles. The predicted octanol–water partition coefficient (Wildman–Crippen LogP) is 9.41. The molecule has 0 amide bonds. The second kappa shape index (κ2) is 19.3. The van der Waals surface area contributed by atoms with E-state index in [9.17, 15) is 9.59 Å². The molecular formula is C44H33NO5S2. The lowest BCUT2D eigenvalue weighted by molar-refractivity contribution is -0.138. The number of hydrogen-bond acceptors (Lipinski definition) is 7. The van der Waals surface area contributed by atoms with Crippen molar-refractivity contribution < 1.29 is 23.8 Å². The van der Waals surface area contributed by atoms with E-state index < -0.39 is 11.9 Å². The van der Waals surface area contributed by atoms with E-state index in [1.165, 1.54) is 0 Å². The average molecular weight is 720 g/mol. The molecule has 0 aliphatic heterocycles. The molecule has 0 unspecified atom stereocenters. The van der Waals surface area contributed by atoms with Crippen molar-refractivity contribution in [2.75, 3.05) is 24.7 Å². The highest BCUT2D eigenvalue weighted by Crippen LogP contribution is 2.30. The smallest absolute Gasteiger partial charge is 0.330 e. The molecule has 0 aromatic heterocycles. The Bertz CT molecular complexity index is 2250. The van der Waals surface area contributed by atoms with Crippen molar-refractivity contribution in [3.63, 3.8) is 0 Å². The van der Waals surface area contributed by atoms with Crippen molar-refractivity contribution in [2.24, 2.45) is 0 Å². The summed E-state index contributed by atoms with van der Waals surface area (Å²) in [5.74, 6) is 13.8. The Hall–Kier alpha value is -6.11. The van der Waals surface area contributed by atoms with Crippen molar-refractivity contribution in [1.29, 1.82) is 0 Å². The van der Waals surface area contributed by atoms with Gasteiger partial charge in [0.1, 0.15) is 25.6 Å². The van der Waals surface area contributed by atoms with E-state index in [0.29, 0.717) is 42.8 Å². The van der Waals surface area contributed by atoms with Gasteiger partial charge in [-0.3, -0.25) is 0 Å². The lowest BCUT2D eigenvalue weighted by atomic mass is 10.0. The lowest BCUT2D eigenvalue weighted by Gasteiger charge is -2.10. The van der Waals surface area contributed by atoms with E-state index >= 15 is 0 Å². The van der Waals surface area contributed by atoms with Crippen molar-refractivity contribution >= 4 is 51.9 Å². The fourth-order valence-corrected chi connectivity index (χ4v) is 6.17. The van der Waals surface area contributed by atoms with Crippen LogP contribution in [0.3, 0.4) is 0 Å². The lowest BCUT2D eigenvalue weighted by Crippen LogP contribution is -2.03. The third kappa shape index (κ3) is 11.5. The van der Waals surface area contributed by atoms with Crippen molar-refractivity contribution in [3.05, 3.63) is 168 Å². The molecule has 0 N–H and O–H groups in total. The Balaban J connectivity index is 1.13. The highest BCUT2D eigenvalue weighted by Gasteiger charge is 2.07. The van der Waals surface area contributed by atoms with Crippen LogP contribution >= 0.6 is 23.5 Å². The quantitative estimate of drug-likeness (QED) is 0.0300. The van der Waals surface area contributed by atoms with Gasteiger partial charge >= 0.3 is 11.9 Å². The number of esters is 2. The molecule has 256 valence electrons. The predicted molar refractivity (Wildman–Crippen MR) is 210 cm³/mol. The maximum Gasteiger partial charge on any atom is 0.330 e. The minimum Gasteiger partial charge on any atom is -0.500 e. The summed E-state index contributed by atoms with van der Waals surface area (Å²) < 4.78 is 16.1. The van der Waals surface area contributed by atoms with Crippen LogP contribution in [0.1, 0.15) is 27.8 Å². The molecule has 0 bridgehead atoms. The third-order valence-corrected chi connectivity index (χ3v) is 9.27. The number of rotatable bonds is 13. The summed E-state index contributed by atoms with van der Waals surface area (Å²) in [6, 6.07) is 33.5. The minimum atomic E-state index is -0.421. The van der Waals surface area contributed by atoms with E-state index in [1.54, 1.807) is 35.7 Å². The van der Waals surface area contributed by atoms with E-state index in [2.05, 4.69) is 66.0 Å². The van der Waals surface area contributed by atoms with Gasteiger partial charge in [0.25, 0.3) is 0 Å². The topological polar surface area (TPSA) is 66.2 Å². The van der Waals surface area contributed by atoms with Gasteiger partial charge in [-0.1, -0.05) is 55.0 Å². The first kappa shape index (κ1) is 37.2. The van der Waals surface area contributed by atoms with Gasteiger partial charge in [0, 0.05) is 55.7 Å². The molecule has 6 nitrogen and oxygen atoms in total. The SMILES string of the molecule is [C-]#[N+]c1cc(C#Cc2ccc(SCCOC(=O)C=C)cc2)ccc1OCc1ccc2cc(C#Cc3ccc(SCCOC(=O)C=C)cc3)ccc2c1. The molecule has 0 aliphatic rings. The van der Waals surface area contributed by atoms with Crippen LogP contribution in [0.2, 0.25) is 0 Å². The molecule has 8 heteroatoms. The molecule has 5 rings (SSSR count). The largest absolute Gasteiger partial charge is 0.500 e. The summed E-state index contributed by atoms with van der Waals surface area (Å²) in [5, 5.41) is 2.15. The number of thioether (sulfide) groups is 2. The molecule has 5 aromatic carbocycles. The van der Waals surface area contributed by atoms with Gasteiger partial charge in [-0.15, -0.1) is 23.5 Å². The number of carbonyl (C=O) groups is 2. The Morgan fingerprint density at radius 1 is 0.635 bits per heavy atom. The van der Waals surface area contributed by atoms with E-state index in [-0.39, 0.29) is 0 Å². The maximum atomic E-state index is 11.1. The third-order valence-electron chi connectivity index (χ3n) is 7.32. The van der Waals surface area contributed by atoms with Gasteiger partial charge in [-0.05, 0) is 101 Å². The van der Waals surface area contributed by atoms with Gasteiger partial charge in [-0.2, -0.15) is 0 Å². The van der Waals surface area contributed by atoms with Crippen molar-refractivity contribution in [1.82, 2.24) is 0 Å². The van der Waals surface area contributed by atoms with Crippen LogP contribution in [0.15, 0.2) is 138 Å². The standard InChI is InChI=1S/C44H33NO5S2/c1-4-43(46)48-24-26-51-39-19-12-32(13-20-39)6-8-34-10-17-38-29-36(11-18-37(38)28-34)31-50-42-23-16-35(30-41(42)45-3)9-7-33-14-21-40(22-15-33)52-27-25-49-44(47)5-2/h4-5,10-23,28-30H,1-2,24-27,31H2. The second-order valence-electron chi connectivity index (χ2n) is 11.0. The van der Waals surface area contributed by atoms with Crippen LogP contribution in [0, 0.1) is 30.3 Å². The molecule has 0 fully saturated rings. The first-order valence-electron chi connectivity index (χ1n) is 16.2. The van der Waals surface area contributed by atoms with E-state index in [4.69, 9.17) is 20.8 Å². The monoisotopic (exact) mass is 719 g/mol. The second-order valence-corrected chi connectivity index (χ2v) is 13.3. The van der Waals surface area contributed by atoms with Crippen molar-refractivity contribution in [2.45, 2.75) is 16.4 Å². The summed E-state index contributed by atoms with van der Waals surface area (Å²) in [7, 11) is 0. The fraction of sp³-hybridized carbons (Fsp3) is 0.114. The van der Waals surface area contributed by atoms with Crippen LogP contribution in [0.4, 0.5) is 5.69 Å². The molecule has 0 aliphatic carbocycles. The summed E-state index contributed by atoms with van der Waals surface area (Å²) >= 11 is 3.20. The molecule has 0 spiro atoms. The van der Waals surface area contributed by atoms with Gasteiger partial charge < -0.3 is 14.2 Å². The Labute approximate surface area is 312 Å². The fourth-order valence-electron chi connectivity index (χ4n) is 4.71. The molecule has 0 atom stereocenters. The highest BCUT2D eigenvalue weighted by atomic mass is 32.2. The molecule has 0 saturated heterocycles. The van der Waals surface area contributed by atoms with Gasteiger partial charge in [0.05, 0.1) is 6.57 Å². The molecular weight excluding hydrogens is 687 g/mol. The summed E-state index contributed by atoms with van der Waals surface area (Å²) in [5.41, 5.74) is 4.80. The Kier molecular flexibility index (Phi) is 13.8. The van der Waals surface area contributed by atoms with Crippen LogP contribution in [-0.4, -0.2) is 36.7 Å². The molecule has 52 heavy (non-hydrogen) atoms. The number of fused-ring (bicyclic) bond motifs is 1. The van der Waals surface area contributed by atoms with Crippen molar-refractivity contribution in [3.8, 4) is 29.4 Å². The number of benzene rings is 5. The molecule has 5 aromatic rings. The molecule has 0 heterocycles. The van der Waals surface area contributed by atoms with Crippen LogP contribution in [0.25, 0.3) is 15.6 Å². The maximum absolute atomic E-state index is 11.1. The minimum absolute atomic E-state index is 0.319. The zero-order valence-corrected chi connectivity index (χ0v) is 29.9. The summed E-state index contributed by atoms with van der Waals surface area (Å²) in [6.45, 7) is 15.4. The Morgan fingerprint density at radius 2 is 1.12 bits per heavy atom. The number of carbonyl (C=O) groups excluding carboxylic acids is 2. The van der Waals surface area contributed by atoms with Gasteiger partial charge in [-0.25, -0.2) is 14.4 Å². The first-order chi connectivity index (χ1) is 25.4. The highest BCUT2D eigenvalue weighted by molar-refractivity contribution is 7.99. The zero-order valence-electron chi connectivity index (χ0n) is 28.2. The van der Waals surface area contributed by atoms with Crippen LogP contribution in [0.5, 0.6) is 5.75 Å². The van der Waals surface area contributed by atoms with E-state index in [1.807, 2.05) is 66.7 Å². The number of hydrogen-bond donors (Lipinski definition) is 0. The number of nitrogens with zero attached hydrogens (tertiary/aromatic N) is 1. The first-order valence-corrected chi connectivity index (χ1v) is 18.1. The Morgan fingerprint density at radius 3 is 1.67 bits per heavy atom. The van der Waals surface area contributed by atoms with Gasteiger partial charge in [0.2, 0.25) is 5.69 Å². The molecule has 0 radical (unpaired) electrons. The average Bonchev–Trinajstić information content (AvgIpc) is 3.19. The zero-order chi connectivity index (χ0) is 36.5. The van der Waals surface area contributed by atoms with Gasteiger partial charge in [0.15, 0.2) is 0 Å². The van der Waals surface area contributed by atoms with Crippen LogP contribution in [-0.2, 0) is 25.7 Å². The number of ether oxygens (including phenoxy) is 3. The summed E-state index contributed by atoms with van der Waals surface area (Å²) in [6.07, 6.45) is 2.32. The van der Waals surface area contributed by atoms with Crippen LogP contribution < -0.4 is 4.74 Å².